The number of nitrogens with one attached hydrogen (secondary N) is 2. The first kappa shape index (κ1) is 19.4. The van der Waals surface area contributed by atoms with E-state index in [9.17, 15) is 4.79 Å². The second kappa shape index (κ2) is 8.10. The van der Waals surface area contributed by atoms with Crippen LogP contribution < -0.4 is 10.6 Å². The van der Waals surface area contributed by atoms with E-state index < -0.39 is 0 Å². The molecule has 0 radical (unpaired) electrons. The van der Waals surface area contributed by atoms with Gasteiger partial charge in [-0.05, 0) is 39.3 Å². The van der Waals surface area contributed by atoms with Gasteiger partial charge >= 0.3 is 0 Å². The average molecular weight is 403 g/mol. The Balaban J connectivity index is 1.62. The molecule has 142 valence electrons. The third kappa shape index (κ3) is 4.48. The number of para-hydroxylation sites is 1. The van der Waals surface area contributed by atoms with Gasteiger partial charge in [0.05, 0.1) is 22.3 Å². The van der Waals surface area contributed by atoms with Crippen LogP contribution >= 0.6 is 23.1 Å². The fourth-order valence-corrected chi connectivity index (χ4v) is 4.43. The Hall–Kier alpha value is -2.39. The van der Waals surface area contributed by atoms with E-state index in [0.29, 0.717) is 5.13 Å². The van der Waals surface area contributed by atoms with Crippen LogP contribution in [0.25, 0.3) is 0 Å². The first-order valence-electron chi connectivity index (χ1n) is 8.49. The van der Waals surface area contributed by atoms with E-state index in [1.807, 2.05) is 59.0 Å². The van der Waals surface area contributed by atoms with Gasteiger partial charge in [-0.25, -0.2) is 0 Å². The van der Waals surface area contributed by atoms with Gasteiger partial charge in [-0.1, -0.05) is 41.3 Å². The number of nitrogens with zero attached hydrogens (tertiary/aromatic N) is 4. The summed E-state index contributed by atoms with van der Waals surface area (Å²) in [6.07, 6.45) is 0. The standard InChI is InChI=1S/C18H22N6OS2/c1-10-8-6-7-9-14(10)19-17-21-22-18(27-17)26-13(4)16(25)20-15-11(2)23-24(5)12(15)3/h6-9,13H,1-5H3,(H,19,21)(H,20,25)/t13-/m0/s1. The summed E-state index contributed by atoms with van der Waals surface area (Å²) >= 11 is 2.82. The molecule has 0 spiro atoms. The zero-order valence-corrected chi connectivity index (χ0v) is 17.5. The van der Waals surface area contributed by atoms with Gasteiger partial charge in [-0.3, -0.25) is 9.48 Å². The zero-order chi connectivity index (χ0) is 19.6. The summed E-state index contributed by atoms with van der Waals surface area (Å²) in [5.74, 6) is -0.0807. The zero-order valence-electron chi connectivity index (χ0n) is 15.9. The molecule has 2 N–H and O–H groups in total. The van der Waals surface area contributed by atoms with E-state index in [4.69, 9.17) is 0 Å². The average Bonchev–Trinajstić information content (AvgIpc) is 3.16. The minimum absolute atomic E-state index is 0.0807. The lowest BCUT2D eigenvalue weighted by molar-refractivity contribution is -0.115. The Morgan fingerprint density at radius 2 is 1.96 bits per heavy atom. The number of aryl methyl sites for hydroxylation is 3. The number of thioether (sulfide) groups is 1. The van der Waals surface area contributed by atoms with Gasteiger partial charge < -0.3 is 10.6 Å². The van der Waals surface area contributed by atoms with Crippen LogP contribution in [0, 0.1) is 20.8 Å². The molecule has 7 nitrogen and oxygen atoms in total. The van der Waals surface area contributed by atoms with Crippen LogP contribution in [0.15, 0.2) is 28.6 Å². The number of anilines is 3. The normalized spacial score (nSPS) is 12.0. The van der Waals surface area contributed by atoms with Gasteiger partial charge in [0.2, 0.25) is 11.0 Å². The molecule has 0 unspecified atom stereocenters. The van der Waals surface area contributed by atoms with Gasteiger partial charge in [0.1, 0.15) is 0 Å². The van der Waals surface area contributed by atoms with Crippen molar-refractivity contribution in [1.29, 1.82) is 0 Å². The number of aromatic nitrogens is 4. The van der Waals surface area contributed by atoms with Crippen molar-refractivity contribution in [3.05, 3.63) is 41.2 Å². The van der Waals surface area contributed by atoms with Gasteiger partial charge in [-0.15, -0.1) is 10.2 Å². The number of rotatable bonds is 6. The quantitative estimate of drug-likeness (QED) is 0.605. The largest absolute Gasteiger partial charge is 0.330 e. The molecule has 3 aromatic rings. The molecule has 1 amide bonds. The lowest BCUT2D eigenvalue weighted by Crippen LogP contribution is -2.23. The van der Waals surface area contributed by atoms with Gasteiger partial charge in [0.25, 0.3) is 0 Å². The van der Waals surface area contributed by atoms with Crippen molar-refractivity contribution >= 4 is 45.5 Å². The third-order valence-corrected chi connectivity index (χ3v) is 6.22. The van der Waals surface area contributed by atoms with Crippen molar-refractivity contribution in [2.75, 3.05) is 10.6 Å². The van der Waals surface area contributed by atoms with Crippen LogP contribution in [0.3, 0.4) is 0 Å². The third-order valence-electron chi connectivity index (χ3n) is 4.20. The molecule has 0 aliphatic rings. The van der Waals surface area contributed by atoms with Crippen LogP contribution in [0.1, 0.15) is 23.9 Å². The highest BCUT2D eigenvalue weighted by molar-refractivity contribution is 8.02. The summed E-state index contributed by atoms with van der Waals surface area (Å²) in [4.78, 5) is 12.5. The molecule has 2 heterocycles. The Labute approximate surface area is 166 Å². The molecule has 0 saturated carbocycles. The Bertz CT molecular complexity index is 965. The summed E-state index contributed by atoms with van der Waals surface area (Å²) < 4.78 is 2.50. The fraction of sp³-hybridized carbons (Fsp3) is 0.333. The fourth-order valence-electron chi connectivity index (χ4n) is 2.52. The van der Waals surface area contributed by atoms with Gasteiger partial charge in [0.15, 0.2) is 4.34 Å². The monoisotopic (exact) mass is 402 g/mol. The van der Waals surface area contributed by atoms with Crippen LogP contribution in [-0.2, 0) is 11.8 Å². The predicted octanol–water partition coefficient (Wildman–Crippen LogP) is 4.06. The highest BCUT2D eigenvalue weighted by Crippen LogP contribution is 2.31. The van der Waals surface area contributed by atoms with Gasteiger partial charge in [-0.2, -0.15) is 5.10 Å². The van der Waals surface area contributed by atoms with Crippen molar-refractivity contribution < 1.29 is 4.79 Å². The molecular weight excluding hydrogens is 380 g/mol. The minimum Gasteiger partial charge on any atom is -0.330 e. The smallest absolute Gasteiger partial charge is 0.237 e. The van der Waals surface area contributed by atoms with Gasteiger partial charge in [0, 0.05) is 12.7 Å². The van der Waals surface area contributed by atoms with Crippen LogP contribution in [0.4, 0.5) is 16.5 Å². The molecule has 1 aromatic carbocycles. The van der Waals surface area contributed by atoms with E-state index in [1.165, 1.54) is 23.1 Å². The summed E-state index contributed by atoms with van der Waals surface area (Å²) in [6, 6.07) is 8.00. The van der Waals surface area contributed by atoms with E-state index in [1.54, 1.807) is 4.68 Å². The lowest BCUT2D eigenvalue weighted by atomic mass is 10.2. The Kier molecular flexibility index (Phi) is 5.81. The van der Waals surface area contributed by atoms with Crippen molar-refractivity contribution in [3.63, 3.8) is 0 Å². The number of hydrogen-bond donors (Lipinski definition) is 2. The number of hydrogen-bond acceptors (Lipinski definition) is 7. The van der Waals surface area contributed by atoms with Crippen molar-refractivity contribution in [3.8, 4) is 0 Å². The molecule has 9 heteroatoms. The molecule has 0 aliphatic heterocycles. The maximum absolute atomic E-state index is 12.5. The summed E-state index contributed by atoms with van der Waals surface area (Å²) in [5.41, 5.74) is 4.64. The SMILES string of the molecule is Cc1ccccc1Nc1nnc(S[C@@H](C)C(=O)Nc2c(C)nn(C)c2C)s1. The first-order chi connectivity index (χ1) is 12.8. The number of benzene rings is 1. The Morgan fingerprint density at radius 1 is 1.22 bits per heavy atom. The summed E-state index contributed by atoms with van der Waals surface area (Å²) in [6.45, 7) is 7.71. The topological polar surface area (TPSA) is 84.7 Å². The van der Waals surface area contributed by atoms with Crippen LogP contribution in [0.2, 0.25) is 0 Å². The lowest BCUT2D eigenvalue weighted by Gasteiger charge is -2.10. The number of carbonyl (C=O) groups is 1. The minimum atomic E-state index is -0.303. The highest BCUT2D eigenvalue weighted by Gasteiger charge is 2.20. The summed E-state index contributed by atoms with van der Waals surface area (Å²) in [5, 5.41) is 19.3. The number of amides is 1. The highest BCUT2D eigenvalue weighted by atomic mass is 32.2. The van der Waals surface area contributed by atoms with Crippen molar-refractivity contribution in [2.24, 2.45) is 7.05 Å². The van der Waals surface area contributed by atoms with E-state index in [-0.39, 0.29) is 11.2 Å². The maximum atomic E-state index is 12.5. The van der Waals surface area contributed by atoms with Crippen LogP contribution in [-0.4, -0.2) is 31.1 Å². The molecule has 27 heavy (non-hydrogen) atoms. The predicted molar refractivity (Wildman–Crippen MR) is 111 cm³/mol. The maximum Gasteiger partial charge on any atom is 0.237 e. The molecule has 0 fully saturated rings. The van der Waals surface area contributed by atoms with Crippen LogP contribution in [0.5, 0.6) is 0 Å². The van der Waals surface area contributed by atoms with E-state index in [2.05, 4.69) is 25.9 Å². The second-order valence-electron chi connectivity index (χ2n) is 6.23. The first-order valence-corrected chi connectivity index (χ1v) is 10.2. The Morgan fingerprint density at radius 3 is 2.63 bits per heavy atom. The van der Waals surface area contributed by atoms with E-state index >= 15 is 0 Å². The molecule has 0 saturated heterocycles. The van der Waals surface area contributed by atoms with Crippen molar-refractivity contribution in [2.45, 2.75) is 37.3 Å². The van der Waals surface area contributed by atoms with E-state index in [0.717, 1.165) is 32.7 Å². The second-order valence-corrected chi connectivity index (χ2v) is 8.80. The molecule has 0 aliphatic carbocycles. The molecule has 3 rings (SSSR count). The number of carbonyl (C=O) groups excluding carboxylic acids is 1. The molecular formula is C18H22N6OS2. The molecule has 1 atom stereocenters. The molecule has 0 bridgehead atoms. The van der Waals surface area contributed by atoms with Crippen molar-refractivity contribution in [1.82, 2.24) is 20.0 Å². The summed E-state index contributed by atoms with van der Waals surface area (Å²) in [7, 11) is 1.86. The molecule has 2 aromatic heterocycles.